The monoisotopic (exact) mass is 508 g/mol. The van der Waals surface area contributed by atoms with E-state index in [1.807, 2.05) is 49.4 Å². The number of nitrogens with one attached hydrogen (secondary N) is 1. The molecule has 1 heterocycles. The Hall–Kier alpha value is -3.52. The second-order valence-electron chi connectivity index (χ2n) is 9.84. The summed E-state index contributed by atoms with van der Waals surface area (Å²) in [5.74, 6) is 0.659. The minimum Gasteiger partial charge on any atom is -0.492 e. The van der Waals surface area contributed by atoms with Crippen LogP contribution < -0.4 is 19.1 Å². The summed E-state index contributed by atoms with van der Waals surface area (Å²) in [7, 11) is -3.93. The molecule has 1 unspecified atom stereocenters. The highest BCUT2D eigenvalue weighted by Gasteiger charge is 2.38. The number of ether oxygens (including phenoxy) is 2. The first-order valence-corrected chi connectivity index (χ1v) is 13.4. The highest BCUT2D eigenvalue weighted by Crippen LogP contribution is 2.40. The molecule has 7 nitrogen and oxygen atoms in total. The van der Waals surface area contributed by atoms with E-state index in [2.05, 4.69) is 26.1 Å². The molecule has 0 fully saturated rings. The number of benzene rings is 3. The molecule has 3 aromatic carbocycles. The number of para-hydroxylation sites is 1. The van der Waals surface area contributed by atoms with Gasteiger partial charge in [-0.15, -0.1) is 0 Å². The number of anilines is 1. The third-order valence-electron chi connectivity index (χ3n) is 6.01. The summed E-state index contributed by atoms with van der Waals surface area (Å²) in [5, 5.41) is 2.80. The van der Waals surface area contributed by atoms with Crippen LogP contribution >= 0.6 is 0 Å². The molecule has 36 heavy (non-hydrogen) atoms. The molecular formula is C28H32N2O5S. The van der Waals surface area contributed by atoms with Crippen molar-refractivity contribution in [3.05, 3.63) is 83.9 Å². The van der Waals surface area contributed by atoms with Crippen molar-refractivity contribution in [3.8, 4) is 11.5 Å². The van der Waals surface area contributed by atoms with Gasteiger partial charge in [-0.1, -0.05) is 62.7 Å². The molecule has 0 bridgehead atoms. The third kappa shape index (κ3) is 5.65. The van der Waals surface area contributed by atoms with Gasteiger partial charge in [0.2, 0.25) is 0 Å². The van der Waals surface area contributed by atoms with E-state index >= 15 is 0 Å². The molecule has 8 heteroatoms. The van der Waals surface area contributed by atoms with Gasteiger partial charge in [-0.2, -0.15) is 0 Å². The first-order valence-electron chi connectivity index (χ1n) is 11.9. The summed E-state index contributed by atoms with van der Waals surface area (Å²) < 4.78 is 40.4. The van der Waals surface area contributed by atoms with Crippen molar-refractivity contribution in [2.24, 2.45) is 0 Å². The molecule has 1 amide bonds. The fourth-order valence-electron chi connectivity index (χ4n) is 3.89. The van der Waals surface area contributed by atoms with E-state index in [1.165, 1.54) is 4.31 Å². The van der Waals surface area contributed by atoms with Crippen LogP contribution in [0.15, 0.2) is 77.7 Å². The molecular weight excluding hydrogens is 476 g/mol. The number of amides is 1. The lowest BCUT2D eigenvalue weighted by molar-refractivity contribution is -0.127. The zero-order chi connectivity index (χ0) is 25.9. The number of aryl methyl sites for hydroxylation is 1. The summed E-state index contributed by atoms with van der Waals surface area (Å²) in [5.41, 5.74) is 2.16. The first kappa shape index (κ1) is 25.6. The molecule has 0 saturated carbocycles. The maximum atomic E-state index is 13.7. The average molecular weight is 509 g/mol. The molecule has 1 aliphatic rings. The second-order valence-corrected chi connectivity index (χ2v) is 11.7. The number of carbonyl (C=O) groups is 1. The van der Waals surface area contributed by atoms with Gasteiger partial charge in [0, 0.05) is 0 Å². The van der Waals surface area contributed by atoms with Crippen LogP contribution in [0.2, 0.25) is 0 Å². The van der Waals surface area contributed by atoms with Gasteiger partial charge in [0.25, 0.3) is 15.9 Å². The zero-order valence-corrected chi connectivity index (χ0v) is 21.8. The lowest BCUT2D eigenvalue weighted by Crippen LogP contribution is -2.51. The number of sulfonamides is 1. The Balaban J connectivity index is 1.57. The summed E-state index contributed by atoms with van der Waals surface area (Å²) >= 11 is 0. The second kappa shape index (κ2) is 10.2. The number of hydrogen-bond donors (Lipinski definition) is 1. The molecule has 1 aliphatic heterocycles. The van der Waals surface area contributed by atoms with E-state index in [4.69, 9.17) is 9.47 Å². The van der Waals surface area contributed by atoms with Gasteiger partial charge in [0.1, 0.15) is 18.1 Å². The molecule has 1 atom stereocenters. The topological polar surface area (TPSA) is 84.9 Å². The summed E-state index contributed by atoms with van der Waals surface area (Å²) in [6.45, 7) is 8.48. The first-order chi connectivity index (χ1) is 17.1. The fraction of sp³-hybridized carbons (Fsp3) is 0.321. The van der Waals surface area contributed by atoms with Crippen molar-refractivity contribution < 1.29 is 22.7 Å². The number of rotatable bonds is 7. The summed E-state index contributed by atoms with van der Waals surface area (Å²) in [4.78, 5) is 13.2. The van der Waals surface area contributed by atoms with Crippen LogP contribution in [0.4, 0.5) is 5.69 Å². The van der Waals surface area contributed by atoms with Crippen molar-refractivity contribution in [2.45, 2.75) is 44.1 Å². The Kier molecular flexibility index (Phi) is 7.26. The molecule has 4 rings (SSSR count). The Morgan fingerprint density at radius 2 is 1.75 bits per heavy atom. The van der Waals surface area contributed by atoms with Crippen LogP contribution in [0.25, 0.3) is 0 Å². The van der Waals surface area contributed by atoms with Gasteiger partial charge < -0.3 is 14.8 Å². The highest BCUT2D eigenvalue weighted by molar-refractivity contribution is 7.92. The Labute approximate surface area is 213 Å². The van der Waals surface area contributed by atoms with Gasteiger partial charge in [-0.3, -0.25) is 9.10 Å². The Morgan fingerprint density at radius 3 is 2.42 bits per heavy atom. The average Bonchev–Trinajstić information content (AvgIpc) is 2.85. The third-order valence-corrected chi connectivity index (χ3v) is 7.80. The van der Waals surface area contributed by atoms with Gasteiger partial charge >= 0.3 is 0 Å². The van der Waals surface area contributed by atoms with Gasteiger partial charge in [-0.25, -0.2) is 8.42 Å². The maximum Gasteiger partial charge on any atom is 0.264 e. The highest BCUT2D eigenvalue weighted by atomic mass is 32.2. The summed E-state index contributed by atoms with van der Waals surface area (Å²) in [6.07, 6.45) is -1.00. The van der Waals surface area contributed by atoms with E-state index in [0.717, 1.165) is 11.1 Å². The van der Waals surface area contributed by atoms with Gasteiger partial charge in [0.15, 0.2) is 6.10 Å². The minimum atomic E-state index is -3.93. The standard InChI is InChI=1S/C28H32N2O5S/c1-20-10-13-23(14-11-20)36(32,33)30-19-26(27(31)29-16-17-34-22-8-6-5-7-9-22)35-25-15-12-21(18-24(25)30)28(2,3)4/h5-15,18,26H,16-17,19H2,1-4H3,(H,29,31). The van der Waals surface area contributed by atoms with E-state index in [9.17, 15) is 13.2 Å². The number of carbonyl (C=O) groups excluding carboxylic acids is 1. The van der Waals surface area contributed by atoms with E-state index < -0.39 is 22.0 Å². The normalized spacial score (nSPS) is 15.6. The number of nitrogens with zero attached hydrogens (tertiary/aromatic N) is 1. The molecule has 0 radical (unpaired) electrons. The van der Waals surface area contributed by atoms with Crippen LogP contribution in [-0.2, 0) is 20.2 Å². The van der Waals surface area contributed by atoms with E-state index in [-0.39, 0.29) is 30.0 Å². The van der Waals surface area contributed by atoms with E-state index in [0.29, 0.717) is 17.2 Å². The summed E-state index contributed by atoms with van der Waals surface area (Å²) in [6, 6.07) is 21.5. The van der Waals surface area contributed by atoms with Crippen molar-refractivity contribution in [2.75, 3.05) is 24.0 Å². The number of hydrogen-bond acceptors (Lipinski definition) is 5. The van der Waals surface area contributed by atoms with Crippen LogP contribution in [0.3, 0.4) is 0 Å². The van der Waals surface area contributed by atoms with Gasteiger partial charge in [0.05, 0.1) is 23.7 Å². The van der Waals surface area contributed by atoms with E-state index in [1.54, 1.807) is 30.3 Å². The largest absolute Gasteiger partial charge is 0.492 e. The molecule has 0 saturated heterocycles. The van der Waals surface area contributed by atoms with Crippen molar-refractivity contribution in [3.63, 3.8) is 0 Å². The van der Waals surface area contributed by atoms with Crippen LogP contribution in [-0.4, -0.2) is 40.1 Å². The predicted molar refractivity (Wildman–Crippen MR) is 140 cm³/mol. The molecule has 0 aromatic heterocycles. The lowest BCUT2D eigenvalue weighted by atomic mass is 9.86. The molecule has 190 valence electrons. The van der Waals surface area contributed by atoms with Crippen LogP contribution in [0.5, 0.6) is 11.5 Å². The molecule has 3 aromatic rings. The molecule has 1 N–H and O–H groups in total. The SMILES string of the molecule is Cc1ccc(S(=O)(=O)N2CC(C(=O)NCCOc3ccccc3)Oc3ccc(C(C)(C)C)cc32)cc1. The van der Waals surface area contributed by atoms with Crippen molar-refractivity contribution >= 4 is 21.6 Å². The lowest BCUT2D eigenvalue weighted by Gasteiger charge is -2.36. The van der Waals surface area contributed by atoms with Crippen LogP contribution in [0.1, 0.15) is 31.9 Å². The van der Waals surface area contributed by atoms with Crippen LogP contribution in [0, 0.1) is 6.92 Å². The fourth-order valence-corrected chi connectivity index (χ4v) is 5.36. The Morgan fingerprint density at radius 1 is 1.06 bits per heavy atom. The quantitative estimate of drug-likeness (QED) is 0.477. The van der Waals surface area contributed by atoms with Gasteiger partial charge in [-0.05, 0) is 54.3 Å². The Bertz CT molecular complexity index is 1320. The molecule has 0 spiro atoms. The smallest absolute Gasteiger partial charge is 0.264 e. The zero-order valence-electron chi connectivity index (χ0n) is 21.0. The predicted octanol–water partition coefficient (Wildman–Crippen LogP) is 4.44. The number of fused-ring (bicyclic) bond motifs is 1. The molecule has 0 aliphatic carbocycles. The maximum absolute atomic E-state index is 13.7. The van der Waals surface area contributed by atoms with Crippen molar-refractivity contribution in [1.29, 1.82) is 0 Å². The minimum absolute atomic E-state index is 0.137. The van der Waals surface area contributed by atoms with Crippen molar-refractivity contribution in [1.82, 2.24) is 5.32 Å².